The van der Waals surface area contributed by atoms with Crippen LogP contribution in [-0.4, -0.2) is 29.3 Å². The van der Waals surface area contributed by atoms with Crippen molar-refractivity contribution in [3.63, 3.8) is 0 Å². The predicted octanol–water partition coefficient (Wildman–Crippen LogP) is 2.77. The normalized spacial score (nSPS) is 20.4. The lowest BCUT2D eigenvalue weighted by atomic mass is 10.1. The number of aryl methyl sites for hydroxylation is 1. The van der Waals surface area contributed by atoms with Crippen LogP contribution < -0.4 is 0 Å². The number of nitrogens with zero attached hydrogens (tertiary/aromatic N) is 1. The van der Waals surface area contributed by atoms with Crippen LogP contribution in [0.25, 0.3) is 0 Å². The van der Waals surface area contributed by atoms with Crippen LogP contribution in [0.15, 0.2) is 24.3 Å². The summed E-state index contributed by atoms with van der Waals surface area (Å²) in [6, 6.07) is 8.14. The van der Waals surface area contributed by atoms with Crippen molar-refractivity contribution >= 4 is 17.5 Å². The van der Waals surface area contributed by atoms with E-state index in [9.17, 15) is 4.79 Å². The number of hydrogen-bond donors (Lipinski definition) is 0. The summed E-state index contributed by atoms with van der Waals surface area (Å²) in [7, 11) is 0. The van der Waals surface area contributed by atoms with E-state index in [0.29, 0.717) is 13.0 Å². The fraction of sp³-hybridized carbons (Fsp3) is 0.500. The van der Waals surface area contributed by atoms with Gasteiger partial charge in [0.1, 0.15) is 0 Å². The quantitative estimate of drug-likeness (QED) is 0.741. The molecule has 1 aliphatic heterocycles. The molecule has 0 radical (unpaired) electrons. The highest BCUT2D eigenvalue weighted by molar-refractivity contribution is 6.20. The molecule has 1 heterocycles. The monoisotopic (exact) mass is 251 g/mol. The van der Waals surface area contributed by atoms with Gasteiger partial charge in [0.15, 0.2) is 0 Å². The molecule has 1 amide bonds. The van der Waals surface area contributed by atoms with Crippen molar-refractivity contribution in [3.8, 4) is 0 Å². The standard InChI is InChI=1S/C14H18ClNO/c1-11-4-6-12(7-5-11)9-14(17)16-8-2-3-13(15)10-16/h4-7,13H,2-3,8-10H2,1H3. The second kappa shape index (κ2) is 5.54. The van der Waals surface area contributed by atoms with Gasteiger partial charge in [-0.3, -0.25) is 4.79 Å². The fourth-order valence-electron chi connectivity index (χ4n) is 2.14. The summed E-state index contributed by atoms with van der Waals surface area (Å²) in [6.07, 6.45) is 2.54. The van der Waals surface area contributed by atoms with Crippen LogP contribution in [-0.2, 0) is 11.2 Å². The Balaban J connectivity index is 1.94. The first-order valence-corrected chi connectivity index (χ1v) is 6.56. The molecule has 1 fully saturated rings. The van der Waals surface area contributed by atoms with E-state index < -0.39 is 0 Å². The lowest BCUT2D eigenvalue weighted by Crippen LogP contribution is -2.41. The van der Waals surface area contributed by atoms with Crippen molar-refractivity contribution in [2.45, 2.75) is 31.6 Å². The maximum Gasteiger partial charge on any atom is 0.227 e. The van der Waals surface area contributed by atoms with Crippen molar-refractivity contribution in [2.24, 2.45) is 0 Å². The van der Waals surface area contributed by atoms with Crippen molar-refractivity contribution < 1.29 is 4.79 Å². The number of likely N-dealkylation sites (tertiary alicyclic amines) is 1. The Labute approximate surface area is 108 Å². The number of piperidine rings is 1. The number of amides is 1. The molecule has 1 saturated heterocycles. The molecule has 0 spiro atoms. The second-order valence-electron chi connectivity index (χ2n) is 4.74. The topological polar surface area (TPSA) is 20.3 Å². The van der Waals surface area contributed by atoms with Gasteiger partial charge in [-0.1, -0.05) is 29.8 Å². The van der Waals surface area contributed by atoms with Crippen molar-refractivity contribution in [1.29, 1.82) is 0 Å². The number of hydrogen-bond acceptors (Lipinski definition) is 1. The van der Waals surface area contributed by atoms with E-state index in [1.807, 2.05) is 36.1 Å². The van der Waals surface area contributed by atoms with E-state index in [1.165, 1.54) is 5.56 Å². The predicted molar refractivity (Wildman–Crippen MR) is 70.3 cm³/mol. The van der Waals surface area contributed by atoms with Gasteiger partial charge < -0.3 is 4.90 Å². The molecule has 0 aromatic heterocycles. The molecule has 1 aromatic rings. The van der Waals surface area contributed by atoms with E-state index in [2.05, 4.69) is 0 Å². The molecule has 0 N–H and O–H groups in total. The highest BCUT2D eigenvalue weighted by Gasteiger charge is 2.21. The highest BCUT2D eigenvalue weighted by Crippen LogP contribution is 2.16. The van der Waals surface area contributed by atoms with E-state index in [4.69, 9.17) is 11.6 Å². The minimum absolute atomic E-state index is 0.130. The summed E-state index contributed by atoms with van der Waals surface area (Å²) in [4.78, 5) is 14.0. The molecule has 17 heavy (non-hydrogen) atoms. The molecule has 1 unspecified atom stereocenters. The number of halogens is 1. The summed E-state index contributed by atoms with van der Waals surface area (Å²) in [5, 5.41) is 0.130. The van der Waals surface area contributed by atoms with Gasteiger partial charge in [-0.15, -0.1) is 11.6 Å². The van der Waals surface area contributed by atoms with Gasteiger partial charge in [-0.25, -0.2) is 0 Å². The molecule has 0 bridgehead atoms. The average molecular weight is 252 g/mol. The molecular weight excluding hydrogens is 234 g/mol. The van der Waals surface area contributed by atoms with Crippen LogP contribution in [0.3, 0.4) is 0 Å². The number of rotatable bonds is 2. The Morgan fingerprint density at radius 3 is 2.76 bits per heavy atom. The third kappa shape index (κ3) is 3.47. The van der Waals surface area contributed by atoms with Crippen LogP contribution in [0.5, 0.6) is 0 Å². The second-order valence-corrected chi connectivity index (χ2v) is 5.36. The van der Waals surface area contributed by atoms with E-state index >= 15 is 0 Å². The van der Waals surface area contributed by atoms with Gasteiger partial charge in [-0.2, -0.15) is 0 Å². The lowest BCUT2D eigenvalue weighted by Gasteiger charge is -2.29. The molecular formula is C14H18ClNO. The van der Waals surface area contributed by atoms with Crippen LogP contribution in [0, 0.1) is 6.92 Å². The number of carbonyl (C=O) groups is 1. The smallest absolute Gasteiger partial charge is 0.227 e. The molecule has 2 nitrogen and oxygen atoms in total. The molecule has 1 atom stereocenters. The molecule has 0 aliphatic carbocycles. The largest absolute Gasteiger partial charge is 0.341 e. The number of benzene rings is 1. The zero-order valence-electron chi connectivity index (χ0n) is 10.2. The van der Waals surface area contributed by atoms with Gasteiger partial charge >= 0.3 is 0 Å². The maximum atomic E-state index is 12.1. The molecule has 1 aromatic carbocycles. The number of carbonyl (C=O) groups excluding carboxylic acids is 1. The molecule has 1 aliphatic rings. The first kappa shape index (κ1) is 12.4. The minimum Gasteiger partial charge on any atom is -0.341 e. The van der Waals surface area contributed by atoms with Gasteiger partial charge in [0.2, 0.25) is 5.91 Å². The lowest BCUT2D eigenvalue weighted by molar-refractivity contribution is -0.131. The van der Waals surface area contributed by atoms with Crippen molar-refractivity contribution in [2.75, 3.05) is 13.1 Å². The van der Waals surface area contributed by atoms with Crippen LogP contribution >= 0.6 is 11.6 Å². The van der Waals surface area contributed by atoms with Crippen LogP contribution in [0.1, 0.15) is 24.0 Å². The van der Waals surface area contributed by atoms with Gasteiger partial charge in [0, 0.05) is 13.1 Å². The van der Waals surface area contributed by atoms with Crippen LogP contribution in [0.4, 0.5) is 0 Å². The molecule has 3 heteroatoms. The van der Waals surface area contributed by atoms with Crippen LogP contribution in [0.2, 0.25) is 0 Å². The molecule has 2 rings (SSSR count). The zero-order valence-corrected chi connectivity index (χ0v) is 10.9. The van der Waals surface area contributed by atoms with E-state index in [1.54, 1.807) is 0 Å². The Hall–Kier alpha value is -1.02. The van der Waals surface area contributed by atoms with Crippen molar-refractivity contribution in [1.82, 2.24) is 4.90 Å². The third-order valence-corrected chi connectivity index (χ3v) is 3.55. The Bertz CT molecular complexity index is 388. The summed E-state index contributed by atoms with van der Waals surface area (Å²) in [5.41, 5.74) is 2.30. The summed E-state index contributed by atoms with van der Waals surface area (Å²) in [6.45, 7) is 3.61. The Morgan fingerprint density at radius 2 is 2.12 bits per heavy atom. The van der Waals surface area contributed by atoms with Gasteiger partial charge in [-0.05, 0) is 25.3 Å². The van der Waals surface area contributed by atoms with Gasteiger partial charge in [0.05, 0.1) is 11.8 Å². The molecule has 92 valence electrons. The minimum atomic E-state index is 0.130. The first-order chi connectivity index (χ1) is 8.15. The SMILES string of the molecule is Cc1ccc(CC(=O)N2CCCC(Cl)C2)cc1. The van der Waals surface area contributed by atoms with E-state index in [-0.39, 0.29) is 11.3 Å². The Morgan fingerprint density at radius 1 is 1.41 bits per heavy atom. The van der Waals surface area contributed by atoms with E-state index in [0.717, 1.165) is 24.9 Å². The maximum absolute atomic E-state index is 12.1. The van der Waals surface area contributed by atoms with Crippen molar-refractivity contribution in [3.05, 3.63) is 35.4 Å². The summed E-state index contributed by atoms with van der Waals surface area (Å²) in [5.74, 6) is 0.194. The summed E-state index contributed by atoms with van der Waals surface area (Å²) < 4.78 is 0. The highest BCUT2D eigenvalue weighted by atomic mass is 35.5. The average Bonchev–Trinajstić information content (AvgIpc) is 2.32. The Kier molecular flexibility index (Phi) is 4.06. The third-order valence-electron chi connectivity index (χ3n) is 3.19. The fourth-order valence-corrected chi connectivity index (χ4v) is 2.47. The number of alkyl halides is 1. The zero-order chi connectivity index (χ0) is 12.3. The van der Waals surface area contributed by atoms with Gasteiger partial charge in [0.25, 0.3) is 0 Å². The first-order valence-electron chi connectivity index (χ1n) is 6.12. The summed E-state index contributed by atoms with van der Waals surface area (Å²) >= 11 is 6.09. The molecule has 0 saturated carbocycles.